The lowest BCUT2D eigenvalue weighted by atomic mass is 9.83. The lowest BCUT2D eigenvalue weighted by Crippen LogP contribution is -2.39. The number of hydrogen-bond donors (Lipinski definition) is 2. The second kappa shape index (κ2) is 6.83. The Kier molecular flexibility index (Phi) is 5.05. The Labute approximate surface area is 138 Å². The SMILES string of the molecule is COc1ccc(C(C)(C)C(=O)NCc2ccc(C(=O)O)s2)cc1. The molecule has 0 aliphatic rings. The highest BCUT2D eigenvalue weighted by molar-refractivity contribution is 7.13. The summed E-state index contributed by atoms with van der Waals surface area (Å²) in [5.74, 6) is -0.330. The van der Waals surface area contributed by atoms with Crippen molar-refractivity contribution >= 4 is 23.2 Å². The predicted octanol–water partition coefficient (Wildman–Crippen LogP) is 3.05. The maximum Gasteiger partial charge on any atom is 0.345 e. The van der Waals surface area contributed by atoms with Crippen molar-refractivity contribution in [2.45, 2.75) is 25.8 Å². The molecule has 0 aliphatic carbocycles. The molecule has 0 saturated heterocycles. The minimum absolute atomic E-state index is 0.118. The zero-order valence-electron chi connectivity index (χ0n) is 13.3. The standard InChI is InChI=1S/C17H19NO4S/c1-17(2,11-4-6-12(22-3)7-5-11)16(21)18-10-13-8-9-14(23-13)15(19)20/h4-9H,10H2,1-3H3,(H,18,21)(H,19,20). The van der Waals surface area contributed by atoms with Crippen LogP contribution in [0.4, 0.5) is 0 Å². The van der Waals surface area contributed by atoms with Gasteiger partial charge in [0.2, 0.25) is 5.91 Å². The summed E-state index contributed by atoms with van der Waals surface area (Å²) in [7, 11) is 1.60. The first kappa shape index (κ1) is 17.0. The van der Waals surface area contributed by atoms with Crippen molar-refractivity contribution < 1.29 is 19.4 Å². The summed E-state index contributed by atoms with van der Waals surface area (Å²) in [6.07, 6.45) is 0. The highest BCUT2D eigenvalue weighted by Gasteiger charge is 2.29. The highest BCUT2D eigenvalue weighted by Crippen LogP contribution is 2.26. The van der Waals surface area contributed by atoms with Crippen molar-refractivity contribution in [3.8, 4) is 5.75 Å². The summed E-state index contributed by atoms with van der Waals surface area (Å²) in [4.78, 5) is 24.4. The van der Waals surface area contributed by atoms with Crippen LogP contribution in [0.15, 0.2) is 36.4 Å². The van der Waals surface area contributed by atoms with E-state index < -0.39 is 11.4 Å². The molecule has 122 valence electrons. The van der Waals surface area contributed by atoms with Gasteiger partial charge >= 0.3 is 5.97 Å². The minimum atomic E-state index is -0.953. The number of amides is 1. The van der Waals surface area contributed by atoms with E-state index in [2.05, 4.69) is 5.32 Å². The minimum Gasteiger partial charge on any atom is -0.497 e. The Morgan fingerprint density at radius 2 is 1.83 bits per heavy atom. The normalized spacial score (nSPS) is 11.1. The molecule has 1 amide bonds. The lowest BCUT2D eigenvalue weighted by Gasteiger charge is -2.24. The van der Waals surface area contributed by atoms with E-state index in [1.54, 1.807) is 19.2 Å². The molecular weight excluding hydrogens is 314 g/mol. The molecule has 0 atom stereocenters. The molecule has 2 rings (SSSR count). The number of carboxylic acids is 1. The molecule has 0 bridgehead atoms. The Morgan fingerprint density at radius 1 is 1.17 bits per heavy atom. The molecule has 0 fully saturated rings. The van der Waals surface area contributed by atoms with Gasteiger partial charge in [-0.1, -0.05) is 12.1 Å². The van der Waals surface area contributed by atoms with E-state index in [0.29, 0.717) is 6.54 Å². The smallest absolute Gasteiger partial charge is 0.345 e. The predicted molar refractivity (Wildman–Crippen MR) is 89.1 cm³/mol. The molecule has 23 heavy (non-hydrogen) atoms. The van der Waals surface area contributed by atoms with Gasteiger partial charge in [-0.05, 0) is 43.7 Å². The second-order valence-electron chi connectivity index (χ2n) is 5.61. The van der Waals surface area contributed by atoms with Crippen molar-refractivity contribution in [2.24, 2.45) is 0 Å². The van der Waals surface area contributed by atoms with Gasteiger partial charge in [-0.25, -0.2) is 4.79 Å². The van der Waals surface area contributed by atoms with Crippen LogP contribution in [0.1, 0.15) is 34.0 Å². The van der Waals surface area contributed by atoms with Crippen LogP contribution in [0, 0.1) is 0 Å². The quantitative estimate of drug-likeness (QED) is 0.852. The molecule has 6 heteroatoms. The van der Waals surface area contributed by atoms with E-state index in [1.807, 2.05) is 38.1 Å². The topological polar surface area (TPSA) is 75.6 Å². The van der Waals surface area contributed by atoms with Crippen molar-refractivity contribution in [3.63, 3.8) is 0 Å². The van der Waals surface area contributed by atoms with Crippen LogP contribution in [0.5, 0.6) is 5.75 Å². The van der Waals surface area contributed by atoms with Crippen molar-refractivity contribution in [1.29, 1.82) is 0 Å². The number of nitrogens with one attached hydrogen (secondary N) is 1. The maximum atomic E-state index is 12.5. The van der Waals surface area contributed by atoms with Gasteiger partial charge in [-0.3, -0.25) is 4.79 Å². The van der Waals surface area contributed by atoms with Crippen LogP contribution in [-0.2, 0) is 16.8 Å². The summed E-state index contributed by atoms with van der Waals surface area (Å²) in [6.45, 7) is 4.01. The number of hydrogen-bond acceptors (Lipinski definition) is 4. The molecule has 0 unspecified atom stereocenters. The zero-order chi connectivity index (χ0) is 17.0. The fourth-order valence-electron chi connectivity index (χ4n) is 2.12. The molecule has 0 aliphatic heterocycles. The van der Waals surface area contributed by atoms with Crippen molar-refractivity contribution in [2.75, 3.05) is 7.11 Å². The molecule has 2 N–H and O–H groups in total. The van der Waals surface area contributed by atoms with Gasteiger partial charge in [0.05, 0.1) is 19.1 Å². The number of thiophene rings is 1. The molecule has 1 heterocycles. The first-order chi connectivity index (χ1) is 10.8. The van der Waals surface area contributed by atoms with E-state index in [9.17, 15) is 9.59 Å². The van der Waals surface area contributed by atoms with Crippen molar-refractivity contribution in [3.05, 3.63) is 51.7 Å². The van der Waals surface area contributed by atoms with Crippen LogP contribution in [0.2, 0.25) is 0 Å². The van der Waals surface area contributed by atoms with E-state index >= 15 is 0 Å². The fourth-order valence-corrected chi connectivity index (χ4v) is 2.90. The highest BCUT2D eigenvalue weighted by atomic mass is 32.1. The van der Waals surface area contributed by atoms with Gasteiger partial charge in [-0.15, -0.1) is 11.3 Å². The molecule has 1 aromatic heterocycles. The number of benzene rings is 1. The second-order valence-corrected chi connectivity index (χ2v) is 6.78. The largest absolute Gasteiger partial charge is 0.497 e. The van der Waals surface area contributed by atoms with E-state index in [0.717, 1.165) is 27.5 Å². The Hall–Kier alpha value is -2.34. The van der Waals surface area contributed by atoms with Crippen LogP contribution < -0.4 is 10.1 Å². The van der Waals surface area contributed by atoms with E-state index in [-0.39, 0.29) is 10.8 Å². The number of rotatable bonds is 6. The molecular formula is C17H19NO4S. The monoisotopic (exact) mass is 333 g/mol. The summed E-state index contributed by atoms with van der Waals surface area (Å²) < 4.78 is 5.12. The molecule has 1 aromatic carbocycles. The summed E-state index contributed by atoms with van der Waals surface area (Å²) >= 11 is 1.16. The van der Waals surface area contributed by atoms with Crippen LogP contribution in [0.3, 0.4) is 0 Å². The van der Waals surface area contributed by atoms with Crippen molar-refractivity contribution in [1.82, 2.24) is 5.32 Å². The Bertz CT molecular complexity index is 704. The summed E-state index contributed by atoms with van der Waals surface area (Å²) in [5.41, 5.74) is 0.187. The third kappa shape index (κ3) is 3.90. The third-order valence-corrected chi connectivity index (χ3v) is 4.75. The van der Waals surface area contributed by atoms with E-state index in [4.69, 9.17) is 9.84 Å². The van der Waals surface area contributed by atoms with Gasteiger partial charge < -0.3 is 15.2 Å². The number of carboxylic acid groups (broad SMARTS) is 1. The average Bonchev–Trinajstić information content (AvgIpc) is 3.01. The molecule has 2 aromatic rings. The van der Waals surface area contributed by atoms with E-state index in [1.165, 1.54) is 0 Å². The number of methoxy groups -OCH3 is 1. The molecule has 5 nitrogen and oxygen atoms in total. The average molecular weight is 333 g/mol. The van der Waals surface area contributed by atoms with Crippen LogP contribution in [0.25, 0.3) is 0 Å². The number of carbonyl (C=O) groups excluding carboxylic acids is 1. The molecule has 0 radical (unpaired) electrons. The molecule has 0 saturated carbocycles. The number of ether oxygens (including phenoxy) is 1. The van der Waals surface area contributed by atoms with Gasteiger partial charge in [0.15, 0.2) is 0 Å². The number of carbonyl (C=O) groups is 2. The third-order valence-electron chi connectivity index (χ3n) is 3.67. The summed E-state index contributed by atoms with van der Waals surface area (Å²) in [6, 6.07) is 10.6. The van der Waals surface area contributed by atoms with Gasteiger partial charge in [0.25, 0.3) is 0 Å². The van der Waals surface area contributed by atoms with Gasteiger partial charge in [0.1, 0.15) is 10.6 Å². The Balaban J connectivity index is 2.03. The molecule has 0 spiro atoms. The van der Waals surface area contributed by atoms with Gasteiger partial charge in [0, 0.05) is 4.88 Å². The first-order valence-corrected chi connectivity index (χ1v) is 7.91. The lowest BCUT2D eigenvalue weighted by molar-refractivity contribution is -0.125. The van der Waals surface area contributed by atoms with Crippen LogP contribution >= 0.6 is 11.3 Å². The first-order valence-electron chi connectivity index (χ1n) is 7.09. The fraction of sp³-hybridized carbons (Fsp3) is 0.294. The zero-order valence-corrected chi connectivity index (χ0v) is 14.1. The number of aromatic carboxylic acids is 1. The maximum absolute atomic E-state index is 12.5. The van der Waals surface area contributed by atoms with Crippen LogP contribution in [-0.4, -0.2) is 24.1 Å². The summed E-state index contributed by atoms with van der Waals surface area (Å²) in [5, 5.41) is 11.8. The van der Waals surface area contributed by atoms with Gasteiger partial charge in [-0.2, -0.15) is 0 Å². The Morgan fingerprint density at radius 3 is 2.35 bits per heavy atom.